The van der Waals surface area contributed by atoms with E-state index in [-0.39, 0.29) is 5.97 Å². The van der Waals surface area contributed by atoms with E-state index in [1.807, 2.05) is 51.1 Å². The minimum atomic E-state index is -0.407. The molecule has 3 nitrogen and oxygen atoms in total. The van der Waals surface area contributed by atoms with E-state index in [4.69, 9.17) is 4.74 Å². The third-order valence-electron chi connectivity index (χ3n) is 3.95. The molecule has 2 rings (SSSR count). The number of phenolic OH excluding ortho intramolecular Hbond substituents is 1. The summed E-state index contributed by atoms with van der Waals surface area (Å²) in [4.78, 5) is 10.8. The molecule has 0 aliphatic rings. The van der Waals surface area contributed by atoms with Gasteiger partial charge in [0, 0.05) is 5.57 Å². The number of aromatic hydroxyl groups is 1. The highest BCUT2D eigenvalue weighted by Gasteiger charge is 2.15. The average molecular weight is 421 g/mol. The van der Waals surface area contributed by atoms with E-state index in [9.17, 15) is 9.90 Å². The molecule has 0 atom stereocenters. The Balaban J connectivity index is 0.000000407. The summed E-state index contributed by atoms with van der Waals surface area (Å²) < 4.78 is 4.96. The third-order valence-corrected chi connectivity index (χ3v) is 3.95. The van der Waals surface area contributed by atoms with Crippen LogP contribution < -0.4 is 0 Å². The van der Waals surface area contributed by atoms with Crippen LogP contribution in [0.4, 0.5) is 0 Å². The van der Waals surface area contributed by atoms with Crippen LogP contribution >= 0.6 is 0 Å². The molecule has 0 saturated carbocycles. The summed E-state index contributed by atoms with van der Waals surface area (Å²) in [5.41, 5.74) is 3.70. The molecule has 0 fully saturated rings. The quantitative estimate of drug-likeness (QED) is 0.305. The monoisotopic (exact) mass is 420 g/mol. The van der Waals surface area contributed by atoms with Crippen molar-refractivity contribution in [3.63, 3.8) is 0 Å². The fourth-order valence-electron chi connectivity index (χ4n) is 2.52. The van der Waals surface area contributed by atoms with Crippen molar-refractivity contribution in [3.05, 3.63) is 89.5 Å². The smallest absolute Gasteiger partial charge is 0.333 e. The Hall–Kier alpha value is -3.07. The van der Waals surface area contributed by atoms with E-state index in [2.05, 4.69) is 50.8 Å². The standard InChI is InChI=1S/C20H22O.C8H14O2/c1-16(2)15-19-9-7-17(8-10-19)5-3-4-6-18-11-13-20(21)14-12-18;1-6(2)7(9)10-8(3,4)5/h3-14,16,21H,15H2,1-2H3;1H2,2-5H3. The van der Waals surface area contributed by atoms with Gasteiger partial charge in [0.15, 0.2) is 0 Å². The Labute approximate surface area is 187 Å². The maximum atomic E-state index is 10.8. The molecule has 0 aliphatic carbocycles. The van der Waals surface area contributed by atoms with Gasteiger partial charge in [0.2, 0.25) is 0 Å². The lowest BCUT2D eigenvalue weighted by molar-refractivity contribution is -0.149. The molecule has 0 heterocycles. The van der Waals surface area contributed by atoms with Crippen molar-refractivity contribution in [2.24, 2.45) is 5.92 Å². The van der Waals surface area contributed by atoms with E-state index in [0.29, 0.717) is 17.2 Å². The van der Waals surface area contributed by atoms with Crippen molar-refractivity contribution in [3.8, 4) is 5.75 Å². The van der Waals surface area contributed by atoms with Gasteiger partial charge in [-0.1, -0.05) is 81.1 Å². The van der Waals surface area contributed by atoms with Crippen LogP contribution in [0.1, 0.15) is 58.2 Å². The summed E-state index contributed by atoms with van der Waals surface area (Å²) in [7, 11) is 0. The molecule has 31 heavy (non-hydrogen) atoms. The summed E-state index contributed by atoms with van der Waals surface area (Å²) in [5.74, 6) is 0.663. The van der Waals surface area contributed by atoms with E-state index < -0.39 is 5.60 Å². The summed E-state index contributed by atoms with van der Waals surface area (Å²) in [5, 5.41) is 9.22. The van der Waals surface area contributed by atoms with Gasteiger partial charge in [-0.25, -0.2) is 4.79 Å². The second-order valence-electron chi connectivity index (χ2n) is 8.93. The number of rotatable bonds is 6. The molecule has 0 unspecified atom stereocenters. The van der Waals surface area contributed by atoms with E-state index in [1.54, 1.807) is 19.1 Å². The van der Waals surface area contributed by atoms with Crippen LogP contribution in [0.25, 0.3) is 12.2 Å². The zero-order valence-electron chi connectivity index (χ0n) is 19.7. The van der Waals surface area contributed by atoms with E-state index in [1.165, 1.54) is 11.1 Å². The summed E-state index contributed by atoms with van der Waals surface area (Å²) in [6, 6.07) is 15.9. The molecular weight excluding hydrogens is 384 g/mol. The molecule has 2 aromatic rings. The molecule has 0 amide bonds. The largest absolute Gasteiger partial charge is 0.508 e. The SMILES string of the molecule is C=C(C)C(=O)OC(C)(C)C.CC(C)Cc1ccc(C=CC=Cc2ccc(O)cc2)cc1. The second-order valence-corrected chi connectivity index (χ2v) is 8.93. The molecule has 1 N–H and O–H groups in total. The first-order valence-corrected chi connectivity index (χ1v) is 10.6. The molecule has 0 aromatic heterocycles. The topological polar surface area (TPSA) is 46.5 Å². The number of ether oxygens (including phenoxy) is 1. The lowest BCUT2D eigenvalue weighted by Gasteiger charge is -2.19. The average Bonchev–Trinajstić information content (AvgIpc) is 2.66. The first kappa shape index (κ1) is 26.0. The van der Waals surface area contributed by atoms with Crippen LogP contribution in [0.2, 0.25) is 0 Å². The van der Waals surface area contributed by atoms with Gasteiger partial charge in [0.1, 0.15) is 11.4 Å². The third kappa shape index (κ3) is 12.3. The number of allylic oxidation sites excluding steroid dienone is 2. The minimum absolute atomic E-state index is 0.296. The van der Waals surface area contributed by atoms with Gasteiger partial charge in [0.25, 0.3) is 0 Å². The van der Waals surface area contributed by atoms with Gasteiger partial charge in [-0.2, -0.15) is 0 Å². The van der Waals surface area contributed by atoms with Gasteiger partial charge >= 0.3 is 5.97 Å². The van der Waals surface area contributed by atoms with Gasteiger partial charge in [-0.15, -0.1) is 0 Å². The highest BCUT2D eigenvalue weighted by Crippen LogP contribution is 2.13. The van der Waals surface area contributed by atoms with Gasteiger partial charge < -0.3 is 9.84 Å². The normalized spacial score (nSPS) is 11.5. The van der Waals surface area contributed by atoms with Crippen molar-refractivity contribution in [2.75, 3.05) is 0 Å². The predicted molar refractivity (Wildman–Crippen MR) is 132 cm³/mol. The molecule has 0 spiro atoms. The van der Waals surface area contributed by atoms with Gasteiger partial charge in [-0.3, -0.25) is 0 Å². The van der Waals surface area contributed by atoms with Crippen molar-refractivity contribution < 1.29 is 14.6 Å². The number of carbonyl (C=O) groups is 1. The van der Waals surface area contributed by atoms with Crippen LogP contribution in [0.5, 0.6) is 5.75 Å². The number of hydrogen-bond donors (Lipinski definition) is 1. The summed E-state index contributed by atoms with van der Waals surface area (Å²) in [6.45, 7) is 15.1. The lowest BCUT2D eigenvalue weighted by atomic mass is 10.0. The Bertz CT molecular complexity index is 877. The zero-order chi connectivity index (χ0) is 23.4. The fourth-order valence-corrected chi connectivity index (χ4v) is 2.52. The number of hydrogen-bond acceptors (Lipinski definition) is 3. The highest BCUT2D eigenvalue weighted by atomic mass is 16.6. The first-order chi connectivity index (χ1) is 14.5. The molecule has 166 valence electrons. The molecule has 3 heteroatoms. The van der Waals surface area contributed by atoms with Crippen LogP contribution in [0.3, 0.4) is 0 Å². The molecule has 0 bridgehead atoms. The first-order valence-electron chi connectivity index (χ1n) is 10.6. The summed E-state index contributed by atoms with van der Waals surface area (Å²) in [6.07, 6.45) is 9.28. The molecule has 0 saturated heterocycles. The Morgan fingerprint density at radius 3 is 1.77 bits per heavy atom. The van der Waals surface area contributed by atoms with Gasteiger partial charge in [0.05, 0.1) is 0 Å². The predicted octanol–water partition coefficient (Wildman–Crippen LogP) is 7.22. The number of benzene rings is 2. The van der Waals surface area contributed by atoms with Crippen molar-refractivity contribution in [1.82, 2.24) is 0 Å². The number of carbonyl (C=O) groups excluding carboxylic acids is 1. The molecule has 2 aromatic carbocycles. The molecule has 0 radical (unpaired) electrons. The molecule has 0 aliphatic heterocycles. The minimum Gasteiger partial charge on any atom is -0.508 e. The molecular formula is C28H36O3. The summed E-state index contributed by atoms with van der Waals surface area (Å²) >= 11 is 0. The Morgan fingerprint density at radius 1 is 0.968 bits per heavy atom. The van der Waals surface area contributed by atoms with Crippen LogP contribution in [-0.2, 0) is 16.0 Å². The van der Waals surface area contributed by atoms with Crippen LogP contribution in [0.15, 0.2) is 72.8 Å². The van der Waals surface area contributed by atoms with Crippen molar-refractivity contribution >= 4 is 18.1 Å². The number of esters is 1. The van der Waals surface area contributed by atoms with E-state index in [0.717, 1.165) is 12.0 Å². The maximum Gasteiger partial charge on any atom is 0.333 e. The van der Waals surface area contributed by atoms with Crippen LogP contribution in [-0.4, -0.2) is 16.7 Å². The lowest BCUT2D eigenvalue weighted by Crippen LogP contribution is -2.23. The Morgan fingerprint density at radius 2 is 1.42 bits per heavy atom. The van der Waals surface area contributed by atoms with Crippen molar-refractivity contribution in [2.45, 2.75) is 53.6 Å². The highest BCUT2D eigenvalue weighted by molar-refractivity contribution is 5.87. The second kappa shape index (κ2) is 12.6. The fraction of sp³-hybridized carbons (Fsp3) is 0.321. The van der Waals surface area contributed by atoms with Crippen LogP contribution in [0, 0.1) is 5.92 Å². The van der Waals surface area contributed by atoms with Gasteiger partial charge in [-0.05, 0) is 68.9 Å². The maximum absolute atomic E-state index is 10.8. The zero-order valence-corrected chi connectivity index (χ0v) is 19.7. The van der Waals surface area contributed by atoms with Crippen molar-refractivity contribution in [1.29, 1.82) is 0 Å². The Kier molecular flexibility index (Phi) is 10.5. The number of phenols is 1. The van der Waals surface area contributed by atoms with E-state index >= 15 is 0 Å².